The van der Waals surface area contributed by atoms with Crippen LogP contribution in [0.5, 0.6) is 0 Å². The fraction of sp³-hybridized carbons (Fsp3) is 0.154. The minimum absolute atomic E-state index is 0.120. The average Bonchev–Trinajstić information content (AvgIpc) is 2.31. The largest absolute Gasteiger partial charge is 0.416 e. The van der Waals surface area contributed by atoms with Crippen molar-refractivity contribution in [2.75, 3.05) is 5.73 Å². The highest BCUT2D eigenvalue weighted by Crippen LogP contribution is 2.33. The van der Waals surface area contributed by atoms with Gasteiger partial charge in [-0.2, -0.15) is 13.2 Å². The predicted molar refractivity (Wildman–Crippen MR) is 62.9 cm³/mol. The van der Waals surface area contributed by atoms with Crippen molar-refractivity contribution in [3.8, 4) is 0 Å². The van der Waals surface area contributed by atoms with Crippen LogP contribution in [0.4, 0.5) is 19.0 Å². The zero-order chi connectivity index (χ0) is 13.2. The number of hydrogen-bond acceptors (Lipinski definition) is 2. The fourth-order valence-corrected chi connectivity index (χ4v) is 1.76. The van der Waals surface area contributed by atoms with Gasteiger partial charge in [0.1, 0.15) is 5.82 Å². The highest BCUT2D eigenvalue weighted by Gasteiger charge is 2.32. The number of benzene rings is 1. The van der Waals surface area contributed by atoms with Crippen LogP contribution in [0.3, 0.4) is 0 Å². The van der Waals surface area contributed by atoms with E-state index in [4.69, 9.17) is 5.73 Å². The fourth-order valence-electron chi connectivity index (χ4n) is 1.76. The smallest absolute Gasteiger partial charge is 0.383 e. The van der Waals surface area contributed by atoms with Gasteiger partial charge >= 0.3 is 6.18 Å². The van der Waals surface area contributed by atoms with Crippen LogP contribution in [0, 0.1) is 0 Å². The molecule has 0 unspecified atom stereocenters. The summed E-state index contributed by atoms with van der Waals surface area (Å²) < 4.78 is 38.4. The SMILES string of the molecule is Nc1ncccc1Cc1ccccc1C(F)(F)F. The summed E-state index contributed by atoms with van der Waals surface area (Å²) in [6.07, 6.45) is -2.72. The molecular weight excluding hydrogens is 241 g/mol. The van der Waals surface area contributed by atoms with Crippen molar-refractivity contribution in [3.05, 3.63) is 59.3 Å². The molecular formula is C13H11F3N2. The Labute approximate surface area is 102 Å². The number of nitrogen functional groups attached to an aromatic ring is 1. The molecule has 0 aliphatic carbocycles. The standard InChI is InChI=1S/C13H11F3N2/c14-13(15,16)11-6-2-1-4-9(11)8-10-5-3-7-18-12(10)17/h1-7H,8H2,(H2,17,18). The Bertz CT molecular complexity index is 550. The molecule has 2 rings (SSSR count). The van der Waals surface area contributed by atoms with Crippen molar-refractivity contribution < 1.29 is 13.2 Å². The molecule has 0 saturated carbocycles. The van der Waals surface area contributed by atoms with Gasteiger partial charge in [-0.05, 0) is 23.3 Å². The molecule has 1 aromatic carbocycles. The zero-order valence-corrected chi connectivity index (χ0v) is 9.41. The van der Waals surface area contributed by atoms with Crippen LogP contribution in [-0.4, -0.2) is 4.98 Å². The molecule has 0 saturated heterocycles. The molecule has 18 heavy (non-hydrogen) atoms. The lowest BCUT2D eigenvalue weighted by Gasteiger charge is -2.13. The van der Waals surface area contributed by atoms with Crippen molar-refractivity contribution in [2.45, 2.75) is 12.6 Å². The van der Waals surface area contributed by atoms with E-state index in [2.05, 4.69) is 4.98 Å². The van der Waals surface area contributed by atoms with Gasteiger partial charge in [0.15, 0.2) is 0 Å². The number of halogens is 3. The molecule has 0 bridgehead atoms. The van der Waals surface area contributed by atoms with Gasteiger partial charge in [-0.15, -0.1) is 0 Å². The highest BCUT2D eigenvalue weighted by atomic mass is 19.4. The Morgan fingerprint density at radius 3 is 2.33 bits per heavy atom. The van der Waals surface area contributed by atoms with Gasteiger partial charge in [0.05, 0.1) is 5.56 Å². The molecule has 1 heterocycles. The first-order valence-electron chi connectivity index (χ1n) is 5.33. The molecule has 2 aromatic rings. The number of anilines is 1. The van der Waals surface area contributed by atoms with Crippen LogP contribution >= 0.6 is 0 Å². The topological polar surface area (TPSA) is 38.9 Å². The van der Waals surface area contributed by atoms with Gasteiger partial charge in [-0.1, -0.05) is 24.3 Å². The van der Waals surface area contributed by atoms with Crippen LogP contribution in [-0.2, 0) is 12.6 Å². The predicted octanol–water partition coefficient (Wildman–Crippen LogP) is 3.27. The maximum atomic E-state index is 12.8. The van der Waals surface area contributed by atoms with E-state index in [1.54, 1.807) is 18.2 Å². The summed E-state index contributed by atoms with van der Waals surface area (Å²) in [6, 6.07) is 8.81. The third kappa shape index (κ3) is 2.61. The number of alkyl halides is 3. The zero-order valence-electron chi connectivity index (χ0n) is 9.41. The van der Waals surface area contributed by atoms with E-state index in [0.29, 0.717) is 5.56 Å². The number of rotatable bonds is 2. The molecule has 2 nitrogen and oxygen atoms in total. The number of nitrogens with two attached hydrogens (primary N) is 1. The lowest BCUT2D eigenvalue weighted by molar-refractivity contribution is -0.138. The Morgan fingerprint density at radius 1 is 1.00 bits per heavy atom. The van der Waals surface area contributed by atoms with Crippen molar-refractivity contribution in [2.24, 2.45) is 0 Å². The molecule has 0 aliphatic rings. The molecule has 0 atom stereocenters. The molecule has 0 spiro atoms. The monoisotopic (exact) mass is 252 g/mol. The van der Waals surface area contributed by atoms with Crippen molar-refractivity contribution in [1.82, 2.24) is 4.98 Å². The average molecular weight is 252 g/mol. The maximum Gasteiger partial charge on any atom is 0.416 e. The highest BCUT2D eigenvalue weighted by molar-refractivity contribution is 5.44. The lowest BCUT2D eigenvalue weighted by atomic mass is 10.00. The van der Waals surface area contributed by atoms with Crippen LogP contribution < -0.4 is 5.73 Å². The Kier molecular flexibility index (Phi) is 3.23. The Balaban J connectivity index is 2.39. The first-order valence-corrected chi connectivity index (χ1v) is 5.33. The minimum atomic E-state index is -4.35. The second kappa shape index (κ2) is 4.68. The van der Waals surface area contributed by atoms with Gasteiger partial charge in [0, 0.05) is 12.6 Å². The number of nitrogens with zero attached hydrogens (tertiary/aromatic N) is 1. The molecule has 0 amide bonds. The van der Waals surface area contributed by atoms with Gasteiger partial charge in [0.2, 0.25) is 0 Å². The van der Waals surface area contributed by atoms with E-state index in [-0.39, 0.29) is 17.8 Å². The molecule has 94 valence electrons. The van der Waals surface area contributed by atoms with Gasteiger partial charge in [-0.3, -0.25) is 0 Å². The van der Waals surface area contributed by atoms with Crippen molar-refractivity contribution in [1.29, 1.82) is 0 Å². The van der Waals surface area contributed by atoms with E-state index in [9.17, 15) is 13.2 Å². The Morgan fingerprint density at radius 2 is 1.67 bits per heavy atom. The number of hydrogen-bond donors (Lipinski definition) is 1. The number of pyridine rings is 1. The van der Waals surface area contributed by atoms with E-state index in [1.165, 1.54) is 18.3 Å². The summed E-state index contributed by atoms with van der Waals surface area (Å²) in [4.78, 5) is 3.86. The van der Waals surface area contributed by atoms with Crippen LogP contribution in [0.2, 0.25) is 0 Å². The maximum absolute atomic E-state index is 12.8. The van der Waals surface area contributed by atoms with Gasteiger partial charge in [0.25, 0.3) is 0 Å². The summed E-state index contributed by atoms with van der Waals surface area (Å²) in [5.74, 6) is 0.259. The van der Waals surface area contributed by atoms with Crippen molar-refractivity contribution >= 4 is 5.82 Å². The van der Waals surface area contributed by atoms with E-state index in [1.807, 2.05) is 0 Å². The Hall–Kier alpha value is -2.04. The molecule has 0 aliphatic heterocycles. The quantitative estimate of drug-likeness (QED) is 0.890. The van der Waals surface area contributed by atoms with E-state index < -0.39 is 11.7 Å². The second-order valence-corrected chi connectivity index (χ2v) is 3.88. The van der Waals surface area contributed by atoms with Crippen LogP contribution in [0.1, 0.15) is 16.7 Å². The van der Waals surface area contributed by atoms with Crippen LogP contribution in [0.15, 0.2) is 42.6 Å². The number of aromatic nitrogens is 1. The lowest BCUT2D eigenvalue weighted by Crippen LogP contribution is -2.10. The molecule has 0 radical (unpaired) electrons. The van der Waals surface area contributed by atoms with Gasteiger partial charge < -0.3 is 5.73 Å². The molecule has 2 N–H and O–H groups in total. The van der Waals surface area contributed by atoms with E-state index in [0.717, 1.165) is 6.07 Å². The second-order valence-electron chi connectivity index (χ2n) is 3.88. The minimum Gasteiger partial charge on any atom is -0.383 e. The normalized spacial score (nSPS) is 11.5. The molecule has 0 fully saturated rings. The molecule has 5 heteroatoms. The first-order chi connectivity index (χ1) is 8.48. The van der Waals surface area contributed by atoms with Crippen LogP contribution in [0.25, 0.3) is 0 Å². The summed E-state index contributed by atoms with van der Waals surface area (Å²) in [7, 11) is 0. The first kappa shape index (κ1) is 12.4. The summed E-state index contributed by atoms with van der Waals surface area (Å²) in [5, 5.41) is 0. The third-order valence-corrected chi connectivity index (χ3v) is 2.63. The van der Waals surface area contributed by atoms with E-state index >= 15 is 0 Å². The molecule has 1 aromatic heterocycles. The van der Waals surface area contributed by atoms with Gasteiger partial charge in [-0.25, -0.2) is 4.98 Å². The van der Waals surface area contributed by atoms with Crippen molar-refractivity contribution in [3.63, 3.8) is 0 Å². The summed E-state index contributed by atoms with van der Waals surface area (Å²) in [6.45, 7) is 0. The summed E-state index contributed by atoms with van der Waals surface area (Å²) in [5.41, 5.74) is 5.79. The summed E-state index contributed by atoms with van der Waals surface area (Å²) >= 11 is 0. The third-order valence-electron chi connectivity index (χ3n) is 2.63.